The Bertz CT molecular complexity index is 948. The average Bonchev–Trinajstić information content (AvgIpc) is 3.25. The van der Waals surface area contributed by atoms with Crippen molar-refractivity contribution in [2.24, 2.45) is 0 Å². The zero-order valence-corrected chi connectivity index (χ0v) is 18.9. The molecule has 1 atom stereocenters. The summed E-state index contributed by atoms with van der Waals surface area (Å²) >= 11 is 0. The van der Waals surface area contributed by atoms with Gasteiger partial charge in [-0.2, -0.15) is 5.10 Å². The van der Waals surface area contributed by atoms with Gasteiger partial charge < -0.3 is 14.4 Å². The number of aryl methyl sites for hydroxylation is 3. The summed E-state index contributed by atoms with van der Waals surface area (Å²) in [6.45, 7) is 9.25. The molecule has 4 rings (SSSR count). The molecule has 2 amide bonds. The third-order valence-electron chi connectivity index (χ3n) is 6.47. The molecule has 2 aromatic rings. The first-order chi connectivity index (χ1) is 15.0. The Morgan fingerprint density at radius 1 is 1.06 bits per heavy atom. The first-order valence-corrected chi connectivity index (χ1v) is 11.5. The maximum Gasteiger partial charge on any atom is 0.224 e. The number of nitrogens with zero attached hydrogens (tertiary/aromatic N) is 7. The van der Waals surface area contributed by atoms with Crippen molar-refractivity contribution in [3.8, 4) is 0 Å². The van der Waals surface area contributed by atoms with Crippen LogP contribution in [0.2, 0.25) is 0 Å². The third kappa shape index (κ3) is 4.50. The molecule has 0 radical (unpaired) electrons. The molecular weight excluding hydrogens is 394 g/mol. The van der Waals surface area contributed by atoms with E-state index in [1.807, 2.05) is 41.3 Å². The quantitative estimate of drug-likeness (QED) is 0.728. The van der Waals surface area contributed by atoms with Crippen LogP contribution in [0.3, 0.4) is 0 Å². The zero-order valence-electron chi connectivity index (χ0n) is 18.9. The summed E-state index contributed by atoms with van der Waals surface area (Å²) in [6, 6.07) is 2.03. The summed E-state index contributed by atoms with van der Waals surface area (Å²) in [7, 11) is 0. The Balaban J connectivity index is 1.42. The molecule has 4 heterocycles. The number of rotatable bonds is 5. The van der Waals surface area contributed by atoms with Gasteiger partial charge in [-0.25, -0.2) is 0 Å². The first kappa shape index (κ1) is 21.5. The lowest BCUT2D eigenvalue weighted by molar-refractivity contribution is -0.135. The van der Waals surface area contributed by atoms with Crippen LogP contribution in [0.5, 0.6) is 0 Å². The van der Waals surface area contributed by atoms with Crippen molar-refractivity contribution in [2.45, 2.75) is 78.4 Å². The molecule has 2 aliphatic heterocycles. The number of aromatic nitrogens is 5. The lowest BCUT2D eigenvalue weighted by Crippen LogP contribution is -2.39. The van der Waals surface area contributed by atoms with E-state index in [1.54, 1.807) is 0 Å². The van der Waals surface area contributed by atoms with Crippen LogP contribution < -0.4 is 0 Å². The van der Waals surface area contributed by atoms with Crippen molar-refractivity contribution in [3.63, 3.8) is 0 Å². The standard InChI is InChI=1S/C22H33N7O2/c1-4-20(30)27-10-6-5-7-18(27)22-24-23-19-8-11-26(13-14-28(19)22)21(31)9-12-29-17(3)15-16(2)25-29/h15,18H,4-14H2,1-3H3. The Hall–Kier alpha value is -2.71. The monoisotopic (exact) mass is 427 g/mol. The number of carbonyl (C=O) groups is 2. The van der Waals surface area contributed by atoms with Crippen molar-refractivity contribution in [3.05, 3.63) is 29.1 Å². The SMILES string of the molecule is CCC(=O)N1CCCCC1c1nnc2n1CCN(C(=O)CCn1nc(C)cc1C)CC2. The van der Waals surface area contributed by atoms with E-state index >= 15 is 0 Å². The average molecular weight is 428 g/mol. The molecule has 1 fully saturated rings. The largest absolute Gasteiger partial charge is 0.340 e. The molecule has 0 N–H and O–H groups in total. The van der Waals surface area contributed by atoms with Crippen molar-refractivity contribution in [1.29, 1.82) is 0 Å². The number of hydrogen-bond acceptors (Lipinski definition) is 5. The van der Waals surface area contributed by atoms with E-state index < -0.39 is 0 Å². The van der Waals surface area contributed by atoms with E-state index in [2.05, 4.69) is 19.9 Å². The summed E-state index contributed by atoms with van der Waals surface area (Å²) in [5, 5.41) is 13.4. The van der Waals surface area contributed by atoms with Crippen LogP contribution >= 0.6 is 0 Å². The third-order valence-corrected chi connectivity index (χ3v) is 6.47. The summed E-state index contributed by atoms with van der Waals surface area (Å²) in [5.74, 6) is 2.12. The highest BCUT2D eigenvalue weighted by Crippen LogP contribution is 2.31. The van der Waals surface area contributed by atoms with Gasteiger partial charge in [0.25, 0.3) is 0 Å². The fourth-order valence-electron chi connectivity index (χ4n) is 4.80. The number of hydrogen-bond donors (Lipinski definition) is 0. The molecule has 2 aromatic heterocycles. The fraction of sp³-hybridized carbons (Fsp3) is 0.682. The smallest absolute Gasteiger partial charge is 0.224 e. The fourth-order valence-corrected chi connectivity index (χ4v) is 4.80. The van der Waals surface area contributed by atoms with Gasteiger partial charge in [-0.1, -0.05) is 6.92 Å². The van der Waals surface area contributed by atoms with Crippen LogP contribution in [0.15, 0.2) is 6.07 Å². The molecule has 9 nitrogen and oxygen atoms in total. The predicted octanol–water partition coefficient (Wildman–Crippen LogP) is 2.03. The molecule has 1 saturated heterocycles. The van der Waals surface area contributed by atoms with Gasteiger partial charge in [0, 0.05) is 57.7 Å². The summed E-state index contributed by atoms with van der Waals surface area (Å²) in [4.78, 5) is 29.2. The molecule has 0 bridgehead atoms. The Labute approximate surface area is 183 Å². The van der Waals surface area contributed by atoms with Gasteiger partial charge in [-0.3, -0.25) is 14.3 Å². The second-order valence-electron chi connectivity index (χ2n) is 8.61. The van der Waals surface area contributed by atoms with Crippen LogP contribution in [0.1, 0.15) is 68.1 Å². The number of fused-ring (bicyclic) bond motifs is 1. The van der Waals surface area contributed by atoms with Gasteiger partial charge in [-0.15, -0.1) is 10.2 Å². The Morgan fingerprint density at radius 2 is 1.90 bits per heavy atom. The molecular formula is C22H33N7O2. The van der Waals surface area contributed by atoms with Crippen LogP contribution in [0.4, 0.5) is 0 Å². The van der Waals surface area contributed by atoms with Gasteiger partial charge in [-0.05, 0) is 39.2 Å². The predicted molar refractivity (Wildman–Crippen MR) is 115 cm³/mol. The lowest BCUT2D eigenvalue weighted by Gasteiger charge is -2.35. The molecule has 9 heteroatoms. The van der Waals surface area contributed by atoms with Crippen LogP contribution in [-0.2, 0) is 29.1 Å². The molecule has 1 unspecified atom stereocenters. The van der Waals surface area contributed by atoms with Crippen molar-refractivity contribution in [1.82, 2.24) is 34.3 Å². The van der Waals surface area contributed by atoms with Gasteiger partial charge in [0.2, 0.25) is 11.8 Å². The second kappa shape index (κ2) is 9.20. The van der Waals surface area contributed by atoms with E-state index in [0.717, 1.165) is 48.8 Å². The summed E-state index contributed by atoms with van der Waals surface area (Å²) in [6.07, 6.45) is 4.70. The molecule has 0 aliphatic carbocycles. The highest BCUT2D eigenvalue weighted by atomic mass is 16.2. The first-order valence-electron chi connectivity index (χ1n) is 11.5. The van der Waals surface area contributed by atoms with Crippen LogP contribution in [-0.4, -0.2) is 65.8 Å². The van der Waals surface area contributed by atoms with E-state index in [9.17, 15) is 9.59 Å². The summed E-state index contributed by atoms with van der Waals surface area (Å²) in [5.41, 5.74) is 2.05. The van der Waals surface area contributed by atoms with Gasteiger partial charge in [0.1, 0.15) is 5.82 Å². The highest BCUT2D eigenvalue weighted by Gasteiger charge is 2.32. The number of piperidine rings is 1. The van der Waals surface area contributed by atoms with Gasteiger partial charge >= 0.3 is 0 Å². The van der Waals surface area contributed by atoms with Gasteiger partial charge in [0.05, 0.1) is 11.7 Å². The number of amides is 2. The van der Waals surface area contributed by atoms with Crippen molar-refractivity contribution in [2.75, 3.05) is 19.6 Å². The van der Waals surface area contributed by atoms with E-state index in [-0.39, 0.29) is 17.9 Å². The maximum absolute atomic E-state index is 12.9. The summed E-state index contributed by atoms with van der Waals surface area (Å²) < 4.78 is 4.06. The molecule has 31 heavy (non-hydrogen) atoms. The van der Waals surface area contributed by atoms with Crippen LogP contribution in [0.25, 0.3) is 0 Å². The zero-order chi connectivity index (χ0) is 22.0. The van der Waals surface area contributed by atoms with Crippen molar-refractivity contribution < 1.29 is 9.59 Å². The normalized spacial score (nSPS) is 19.3. The maximum atomic E-state index is 12.9. The van der Waals surface area contributed by atoms with E-state index in [0.29, 0.717) is 45.4 Å². The van der Waals surface area contributed by atoms with E-state index in [1.165, 1.54) is 0 Å². The van der Waals surface area contributed by atoms with E-state index in [4.69, 9.17) is 0 Å². The molecule has 0 spiro atoms. The highest BCUT2D eigenvalue weighted by molar-refractivity contribution is 5.76. The minimum Gasteiger partial charge on any atom is -0.340 e. The minimum absolute atomic E-state index is 0.00395. The number of likely N-dealkylation sites (tertiary alicyclic amines) is 1. The second-order valence-corrected chi connectivity index (χ2v) is 8.61. The number of carbonyl (C=O) groups excluding carboxylic acids is 2. The van der Waals surface area contributed by atoms with Crippen molar-refractivity contribution >= 4 is 11.8 Å². The lowest BCUT2D eigenvalue weighted by atomic mass is 10.0. The molecule has 0 aromatic carbocycles. The molecule has 0 saturated carbocycles. The Kier molecular flexibility index (Phi) is 6.38. The molecule has 2 aliphatic rings. The van der Waals surface area contributed by atoms with Gasteiger partial charge in [0.15, 0.2) is 5.82 Å². The molecule has 168 valence electrons. The van der Waals surface area contributed by atoms with Crippen LogP contribution in [0, 0.1) is 13.8 Å². The Morgan fingerprint density at radius 3 is 2.65 bits per heavy atom. The minimum atomic E-state index is -0.00395. The topological polar surface area (TPSA) is 89.2 Å².